The predicted octanol–water partition coefficient (Wildman–Crippen LogP) is 3.46. The number of hydrogen-bond donors (Lipinski definition) is 1. The Kier molecular flexibility index (Phi) is 4.51. The molecule has 0 atom stereocenters. The van der Waals surface area contributed by atoms with Gasteiger partial charge in [0.05, 0.1) is 22.0 Å². The van der Waals surface area contributed by atoms with Crippen LogP contribution in [0.4, 0.5) is 5.69 Å². The van der Waals surface area contributed by atoms with E-state index < -0.39 is 10.0 Å². The lowest BCUT2D eigenvalue weighted by atomic mass is 10.2. The maximum absolute atomic E-state index is 12.1. The van der Waals surface area contributed by atoms with Gasteiger partial charge in [0, 0.05) is 0 Å². The molecule has 2 rings (SSSR count). The molecule has 0 fully saturated rings. The fourth-order valence-electron chi connectivity index (χ4n) is 1.79. The Bertz CT molecular complexity index is 793. The van der Waals surface area contributed by atoms with Gasteiger partial charge in [0.1, 0.15) is 6.07 Å². The van der Waals surface area contributed by atoms with Crippen molar-refractivity contribution in [3.05, 3.63) is 64.2 Å². The Morgan fingerprint density at radius 3 is 2.43 bits per heavy atom. The van der Waals surface area contributed by atoms with Gasteiger partial charge in [-0.25, -0.2) is 8.42 Å². The molecule has 2 aromatic rings. The highest BCUT2D eigenvalue weighted by Crippen LogP contribution is 2.21. The zero-order valence-corrected chi connectivity index (χ0v) is 12.9. The third-order valence-corrected chi connectivity index (χ3v) is 4.41. The van der Waals surface area contributed by atoms with Crippen molar-refractivity contribution in [1.82, 2.24) is 0 Å². The van der Waals surface area contributed by atoms with Crippen molar-refractivity contribution in [3.8, 4) is 6.07 Å². The normalized spacial score (nSPS) is 10.9. The summed E-state index contributed by atoms with van der Waals surface area (Å²) >= 11 is 5.88. The SMILES string of the molecule is Cc1ccc(CS(=O)(=O)Nc2ccc(C#N)c(Cl)c2)cc1. The van der Waals surface area contributed by atoms with E-state index in [0.29, 0.717) is 16.8 Å². The summed E-state index contributed by atoms with van der Waals surface area (Å²) in [6.45, 7) is 1.94. The molecule has 0 aliphatic heterocycles. The van der Waals surface area contributed by atoms with Gasteiger partial charge in [0.25, 0.3) is 0 Å². The third kappa shape index (κ3) is 4.22. The van der Waals surface area contributed by atoms with Crippen LogP contribution in [-0.4, -0.2) is 8.42 Å². The van der Waals surface area contributed by atoms with E-state index in [2.05, 4.69) is 4.72 Å². The molecule has 0 saturated carbocycles. The van der Waals surface area contributed by atoms with Gasteiger partial charge in [-0.3, -0.25) is 4.72 Å². The summed E-state index contributed by atoms with van der Waals surface area (Å²) in [5, 5.41) is 9.00. The van der Waals surface area contributed by atoms with Crippen molar-refractivity contribution >= 4 is 27.3 Å². The number of anilines is 1. The summed E-state index contributed by atoms with van der Waals surface area (Å²) in [6, 6.07) is 13.6. The van der Waals surface area contributed by atoms with E-state index in [0.717, 1.165) is 5.56 Å². The molecule has 0 aromatic heterocycles. The fraction of sp³-hybridized carbons (Fsp3) is 0.133. The van der Waals surface area contributed by atoms with Crippen molar-refractivity contribution in [2.75, 3.05) is 4.72 Å². The van der Waals surface area contributed by atoms with Crippen molar-refractivity contribution in [2.45, 2.75) is 12.7 Å². The first-order chi connectivity index (χ1) is 9.89. The van der Waals surface area contributed by atoms with Crippen LogP contribution in [0.3, 0.4) is 0 Å². The van der Waals surface area contributed by atoms with Crippen LogP contribution in [0.5, 0.6) is 0 Å². The molecule has 2 aromatic carbocycles. The maximum atomic E-state index is 12.1. The Morgan fingerprint density at radius 2 is 1.86 bits per heavy atom. The first-order valence-electron chi connectivity index (χ1n) is 6.15. The van der Waals surface area contributed by atoms with Gasteiger partial charge >= 0.3 is 0 Å². The smallest absolute Gasteiger partial charge is 0.236 e. The minimum absolute atomic E-state index is 0.120. The Balaban J connectivity index is 2.16. The van der Waals surface area contributed by atoms with E-state index in [4.69, 9.17) is 16.9 Å². The van der Waals surface area contributed by atoms with E-state index >= 15 is 0 Å². The highest BCUT2D eigenvalue weighted by atomic mass is 35.5. The molecule has 0 aliphatic rings. The first-order valence-corrected chi connectivity index (χ1v) is 8.18. The second-order valence-electron chi connectivity index (χ2n) is 4.65. The number of nitrogens with zero attached hydrogens (tertiary/aromatic N) is 1. The van der Waals surface area contributed by atoms with Crippen LogP contribution < -0.4 is 4.72 Å². The summed E-state index contributed by atoms with van der Waals surface area (Å²) in [5.41, 5.74) is 2.42. The average molecular weight is 321 g/mol. The number of benzene rings is 2. The molecule has 6 heteroatoms. The summed E-state index contributed by atoms with van der Waals surface area (Å²) in [6.07, 6.45) is 0. The molecular formula is C15H13ClN2O2S. The monoisotopic (exact) mass is 320 g/mol. The quantitative estimate of drug-likeness (QED) is 0.937. The summed E-state index contributed by atoms with van der Waals surface area (Å²) in [4.78, 5) is 0. The lowest BCUT2D eigenvalue weighted by Crippen LogP contribution is -2.15. The van der Waals surface area contributed by atoms with Gasteiger partial charge < -0.3 is 0 Å². The van der Waals surface area contributed by atoms with Crippen LogP contribution in [0.25, 0.3) is 0 Å². The third-order valence-electron chi connectivity index (χ3n) is 2.84. The molecule has 0 saturated heterocycles. The number of nitrogens with one attached hydrogen (secondary N) is 1. The molecule has 0 radical (unpaired) electrons. The van der Waals surface area contributed by atoms with Gasteiger partial charge in [-0.15, -0.1) is 0 Å². The van der Waals surface area contributed by atoms with Crippen LogP contribution in [0.1, 0.15) is 16.7 Å². The highest BCUT2D eigenvalue weighted by molar-refractivity contribution is 7.91. The molecule has 0 aliphatic carbocycles. The second kappa shape index (κ2) is 6.17. The lowest BCUT2D eigenvalue weighted by molar-refractivity contribution is 0.600. The van der Waals surface area contributed by atoms with Crippen LogP contribution in [-0.2, 0) is 15.8 Å². The lowest BCUT2D eigenvalue weighted by Gasteiger charge is -2.09. The van der Waals surface area contributed by atoms with Gasteiger partial charge in [-0.05, 0) is 30.7 Å². The Labute approximate surface area is 129 Å². The van der Waals surface area contributed by atoms with Crippen LogP contribution in [0, 0.1) is 18.3 Å². The van der Waals surface area contributed by atoms with E-state index in [9.17, 15) is 8.42 Å². The number of sulfonamides is 1. The fourth-order valence-corrected chi connectivity index (χ4v) is 3.20. The number of nitriles is 1. The Morgan fingerprint density at radius 1 is 1.19 bits per heavy atom. The van der Waals surface area contributed by atoms with Crippen LogP contribution in [0.15, 0.2) is 42.5 Å². The molecule has 21 heavy (non-hydrogen) atoms. The average Bonchev–Trinajstić information content (AvgIpc) is 2.41. The van der Waals surface area contributed by atoms with E-state index in [1.165, 1.54) is 18.2 Å². The standard InChI is InChI=1S/C15H13ClN2O2S/c1-11-2-4-12(5-3-11)10-21(19,20)18-14-7-6-13(9-17)15(16)8-14/h2-8,18H,10H2,1H3. The summed E-state index contributed by atoms with van der Waals surface area (Å²) < 4.78 is 26.7. The minimum Gasteiger partial charge on any atom is -0.283 e. The number of hydrogen-bond acceptors (Lipinski definition) is 3. The molecular weight excluding hydrogens is 308 g/mol. The molecule has 4 nitrogen and oxygen atoms in total. The van der Waals surface area contributed by atoms with Crippen molar-refractivity contribution < 1.29 is 8.42 Å². The van der Waals surface area contributed by atoms with Gasteiger partial charge in [-0.2, -0.15) is 5.26 Å². The van der Waals surface area contributed by atoms with Gasteiger partial charge in [0.2, 0.25) is 10.0 Å². The minimum atomic E-state index is -3.53. The topological polar surface area (TPSA) is 70.0 Å². The maximum Gasteiger partial charge on any atom is 0.236 e. The van der Waals surface area contributed by atoms with Crippen molar-refractivity contribution in [1.29, 1.82) is 5.26 Å². The first kappa shape index (κ1) is 15.4. The van der Waals surface area contributed by atoms with Gasteiger partial charge in [0.15, 0.2) is 0 Å². The molecule has 108 valence electrons. The summed E-state index contributed by atoms with van der Waals surface area (Å²) in [7, 11) is -3.53. The van der Waals surface area contributed by atoms with E-state index in [1.807, 2.05) is 25.1 Å². The predicted molar refractivity (Wildman–Crippen MR) is 83.6 cm³/mol. The molecule has 0 spiro atoms. The molecule has 0 heterocycles. The largest absolute Gasteiger partial charge is 0.283 e. The number of aryl methyl sites for hydroxylation is 1. The molecule has 1 N–H and O–H groups in total. The zero-order valence-electron chi connectivity index (χ0n) is 11.3. The number of halogens is 1. The highest BCUT2D eigenvalue weighted by Gasteiger charge is 2.12. The zero-order chi connectivity index (χ0) is 15.5. The molecule has 0 bridgehead atoms. The number of rotatable bonds is 4. The summed E-state index contributed by atoms with van der Waals surface area (Å²) in [5.74, 6) is -0.120. The van der Waals surface area contributed by atoms with Crippen LogP contribution >= 0.6 is 11.6 Å². The van der Waals surface area contributed by atoms with Crippen LogP contribution in [0.2, 0.25) is 5.02 Å². The van der Waals surface area contributed by atoms with E-state index in [1.54, 1.807) is 12.1 Å². The van der Waals surface area contributed by atoms with Crippen molar-refractivity contribution in [3.63, 3.8) is 0 Å². The molecule has 0 unspecified atom stereocenters. The second-order valence-corrected chi connectivity index (χ2v) is 6.78. The van der Waals surface area contributed by atoms with E-state index in [-0.39, 0.29) is 10.8 Å². The van der Waals surface area contributed by atoms with Crippen molar-refractivity contribution in [2.24, 2.45) is 0 Å². The van der Waals surface area contributed by atoms with Gasteiger partial charge in [-0.1, -0.05) is 41.4 Å². The molecule has 0 amide bonds. The Hall–Kier alpha value is -2.03.